The fraction of sp³-hybridized carbons (Fsp3) is 0.280. The zero-order chi connectivity index (χ0) is 45.9. The average Bonchev–Trinajstić information content (AvgIpc) is 4.11. The lowest BCUT2D eigenvalue weighted by Crippen LogP contribution is -2.05. The van der Waals surface area contributed by atoms with Crippen LogP contribution in [0.25, 0.3) is 55.2 Å². The summed E-state index contributed by atoms with van der Waals surface area (Å²) in [4.78, 5) is 32.9. The molecule has 13 heteroatoms. The molecule has 10 aromatic rings. The van der Waals surface area contributed by atoms with E-state index in [1.54, 1.807) is 6.20 Å². The number of hydrogen-bond acceptors (Lipinski definition) is 8. The number of fused-ring (bicyclic) bond motifs is 5. The Bertz CT molecular complexity index is 2910. The third-order valence-electron chi connectivity index (χ3n) is 12.0. The molecular formula is C50H58N10O3. The normalized spacial score (nSPS) is 10.8. The first-order valence-corrected chi connectivity index (χ1v) is 20.6. The van der Waals surface area contributed by atoms with Crippen LogP contribution in [0.5, 0.6) is 5.75 Å². The number of ether oxygens (including phenoxy) is 1. The highest BCUT2D eigenvalue weighted by atomic mass is 16.5. The average molecular weight is 847 g/mol. The van der Waals surface area contributed by atoms with Gasteiger partial charge in [-0.15, -0.1) is 0 Å². The number of esters is 1. The van der Waals surface area contributed by atoms with Gasteiger partial charge in [-0.3, -0.25) is 0 Å². The summed E-state index contributed by atoms with van der Waals surface area (Å²) in [6.45, 7) is 16.5. The predicted octanol–water partition coefficient (Wildman–Crippen LogP) is 9.83. The molecule has 13 nitrogen and oxygen atoms in total. The van der Waals surface area contributed by atoms with Gasteiger partial charge in [0, 0.05) is 124 Å². The standard InChI is InChI=1S/C11H12N2O2.3C10H12N2.C9H10N2O/c1-7-8-4-5-13(2)10(8)12-6-9(7)11(14)15-3;3*1-7-6-11-10-9(8(7)2)4-5-12(10)3;1-6-7-3-4-11(2)9(7)10-5-8(6)12/h4-6H,1-3H3;3*4-6H,1-3H3;3-5,12H,1-2H3. The number of carbonyl (C=O) groups excluding carboxylic acids is 1. The van der Waals surface area contributed by atoms with Crippen LogP contribution in [0.1, 0.15) is 54.9 Å². The molecule has 0 amide bonds. The number of aromatic nitrogens is 10. The molecule has 0 spiro atoms. The minimum Gasteiger partial charge on any atom is -0.506 e. The molecule has 0 saturated carbocycles. The molecule has 0 saturated heterocycles. The third kappa shape index (κ3) is 9.18. The summed E-state index contributed by atoms with van der Waals surface area (Å²) in [5.74, 6) is -0.0838. The monoisotopic (exact) mass is 846 g/mol. The van der Waals surface area contributed by atoms with Gasteiger partial charge in [0.2, 0.25) is 0 Å². The van der Waals surface area contributed by atoms with Crippen molar-refractivity contribution in [3.8, 4) is 5.75 Å². The minimum absolute atomic E-state index is 0.258. The topological polar surface area (TPSA) is 136 Å². The molecule has 63 heavy (non-hydrogen) atoms. The van der Waals surface area contributed by atoms with Gasteiger partial charge in [-0.05, 0) is 125 Å². The van der Waals surface area contributed by atoms with Crippen LogP contribution in [0.15, 0.2) is 92.3 Å². The number of aromatic hydroxyl groups is 1. The molecule has 0 aliphatic heterocycles. The Balaban J connectivity index is 0.000000131. The summed E-state index contributed by atoms with van der Waals surface area (Å²) in [6.07, 6.45) is 18.8. The van der Waals surface area contributed by atoms with Crippen LogP contribution in [-0.2, 0) is 40.0 Å². The lowest BCUT2D eigenvalue weighted by Gasteiger charge is -2.04. The zero-order valence-electron chi connectivity index (χ0n) is 38.9. The van der Waals surface area contributed by atoms with Gasteiger partial charge in [0.15, 0.2) is 0 Å². The minimum atomic E-state index is -0.342. The SMILES string of the molecule is COC(=O)c1cnc2c(ccn2C)c1C.Cc1c(O)cnc2c1ccn2C.Cc1cnc2c(ccn2C)c1C.Cc1cnc2c(ccn2C)c1C.Cc1cnc2c(ccn2C)c1C. The van der Waals surface area contributed by atoms with Crippen LogP contribution in [0, 0.1) is 55.4 Å². The first kappa shape index (κ1) is 45.3. The van der Waals surface area contributed by atoms with Crippen LogP contribution >= 0.6 is 0 Å². The van der Waals surface area contributed by atoms with Crippen molar-refractivity contribution in [2.75, 3.05) is 7.11 Å². The Hall–Kier alpha value is -7.28. The zero-order valence-corrected chi connectivity index (χ0v) is 38.9. The molecule has 0 fully saturated rings. The van der Waals surface area contributed by atoms with Gasteiger partial charge in [0.1, 0.15) is 34.0 Å². The van der Waals surface area contributed by atoms with Gasteiger partial charge >= 0.3 is 5.97 Å². The smallest absolute Gasteiger partial charge is 0.339 e. The molecule has 326 valence electrons. The molecule has 0 aliphatic rings. The number of rotatable bonds is 1. The molecule has 0 unspecified atom stereocenters. The fourth-order valence-electron chi connectivity index (χ4n) is 7.32. The first-order valence-electron chi connectivity index (χ1n) is 20.6. The van der Waals surface area contributed by atoms with Crippen molar-refractivity contribution >= 4 is 61.1 Å². The van der Waals surface area contributed by atoms with Gasteiger partial charge in [-0.1, -0.05) is 0 Å². The number of methoxy groups -OCH3 is 1. The molecule has 10 aromatic heterocycles. The predicted molar refractivity (Wildman–Crippen MR) is 254 cm³/mol. The van der Waals surface area contributed by atoms with Gasteiger partial charge in [-0.25, -0.2) is 29.7 Å². The van der Waals surface area contributed by atoms with Crippen LogP contribution in [-0.4, -0.2) is 65.9 Å². The van der Waals surface area contributed by atoms with Crippen molar-refractivity contribution in [2.24, 2.45) is 35.2 Å². The maximum atomic E-state index is 11.4. The van der Waals surface area contributed by atoms with Gasteiger partial charge in [-0.2, -0.15) is 0 Å². The molecule has 0 radical (unpaired) electrons. The number of carbonyl (C=O) groups is 1. The van der Waals surface area contributed by atoms with Gasteiger partial charge < -0.3 is 32.7 Å². The van der Waals surface area contributed by atoms with E-state index < -0.39 is 0 Å². The highest BCUT2D eigenvalue weighted by molar-refractivity contribution is 5.96. The molecule has 0 atom stereocenters. The summed E-state index contributed by atoms with van der Waals surface area (Å²) in [7, 11) is 11.3. The largest absolute Gasteiger partial charge is 0.506 e. The van der Waals surface area contributed by atoms with Crippen molar-refractivity contribution in [3.63, 3.8) is 0 Å². The number of pyridine rings is 5. The molecule has 10 heterocycles. The van der Waals surface area contributed by atoms with Crippen molar-refractivity contribution < 1.29 is 14.6 Å². The van der Waals surface area contributed by atoms with E-state index in [4.69, 9.17) is 0 Å². The lowest BCUT2D eigenvalue weighted by atomic mass is 10.1. The maximum Gasteiger partial charge on any atom is 0.339 e. The molecule has 0 aliphatic carbocycles. The van der Waals surface area contributed by atoms with E-state index in [-0.39, 0.29) is 11.7 Å². The van der Waals surface area contributed by atoms with Gasteiger partial charge in [0.25, 0.3) is 0 Å². The Kier molecular flexibility index (Phi) is 13.5. The molecular weight excluding hydrogens is 789 g/mol. The maximum absolute atomic E-state index is 11.4. The van der Waals surface area contributed by atoms with Crippen LogP contribution in [0.3, 0.4) is 0 Å². The van der Waals surface area contributed by atoms with E-state index in [9.17, 15) is 9.90 Å². The summed E-state index contributed by atoms with van der Waals surface area (Å²) < 4.78 is 14.7. The second kappa shape index (κ2) is 18.8. The third-order valence-corrected chi connectivity index (χ3v) is 12.0. The Morgan fingerprint density at radius 2 is 0.698 bits per heavy atom. The Morgan fingerprint density at radius 3 is 1.02 bits per heavy atom. The number of nitrogens with zero attached hydrogens (tertiary/aromatic N) is 10. The van der Waals surface area contributed by atoms with Crippen molar-refractivity contribution in [1.82, 2.24) is 47.8 Å². The highest BCUT2D eigenvalue weighted by Crippen LogP contribution is 2.25. The second-order valence-corrected chi connectivity index (χ2v) is 16.1. The molecule has 0 bridgehead atoms. The molecule has 10 rings (SSSR count). The van der Waals surface area contributed by atoms with Crippen LogP contribution in [0.4, 0.5) is 0 Å². The van der Waals surface area contributed by atoms with Crippen molar-refractivity contribution in [2.45, 2.75) is 55.4 Å². The number of aryl methyl sites for hydroxylation is 13. The summed E-state index contributed by atoms with van der Waals surface area (Å²) >= 11 is 0. The first-order chi connectivity index (χ1) is 29.9. The summed E-state index contributed by atoms with van der Waals surface area (Å²) in [5, 5.41) is 15.1. The lowest BCUT2D eigenvalue weighted by molar-refractivity contribution is 0.0599. The van der Waals surface area contributed by atoms with E-state index in [0.29, 0.717) is 5.56 Å². The van der Waals surface area contributed by atoms with Crippen molar-refractivity contribution in [1.29, 1.82) is 0 Å². The van der Waals surface area contributed by atoms with Crippen LogP contribution < -0.4 is 0 Å². The Morgan fingerprint density at radius 1 is 0.429 bits per heavy atom. The molecule has 0 aromatic carbocycles. The quantitative estimate of drug-likeness (QED) is 0.161. The van der Waals surface area contributed by atoms with E-state index >= 15 is 0 Å². The van der Waals surface area contributed by atoms with Crippen molar-refractivity contribution in [3.05, 3.63) is 142 Å². The van der Waals surface area contributed by atoms with Crippen LogP contribution in [0.2, 0.25) is 0 Å². The van der Waals surface area contributed by atoms with Gasteiger partial charge in [0.05, 0.1) is 18.9 Å². The van der Waals surface area contributed by atoms with E-state index in [0.717, 1.165) is 50.1 Å². The van der Waals surface area contributed by atoms with E-state index in [2.05, 4.69) is 89.4 Å². The summed E-state index contributed by atoms with van der Waals surface area (Å²) in [6, 6.07) is 10.3. The second-order valence-electron chi connectivity index (χ2n) is 16.1. The van der Waals surface area contributed by atoms with E-state index in [1.807, 2.05) is 134 Å². The number of hydrogen-bond donors (Lipinski definition) is 1. The summed E-state index contributed by atoms with van der Waals surface area (Å²) in [5.41, 5.74) is 15.1. The highest BCUT2D eigenvalue weighted by Gasteiger charge is 2.14. The molecule has 1 N–H and O–H groups in total. The fourth-order valence-corrected chi connectivity index (χ4v) is 7.32. The van der Waals surface area contributed by atoms with E-state index in [1.165, 1.54) is 62.8 Å². The Labute approximate surface area is 368 Å².